The first kappa shape index (κ1) is 11.9. The molecular weight excluding hydrogens is 238 g/mol. The Bertz CT molecular complexity index is 428. The Labute approximate surface area is 105 Å². The standard InChI is InChI=1S/C12H14ClN3O/c1-2-12(17)16-7-5-15(6-8-16)11-9-14-4-3-10(11)13/h2-4,9H,1,5-8H2. The second-order valence-corrected chi connectivity index (χ2v) is 4.25. The number of piperazine rings is 1. The molecule has 2 rings (SSSR count). The maximum absolute atomic E-state index is 11.4. The van der Waals surface area contributed by atoms with Gasteiger partial charge in [0.05, 0.1) is 16.9 Å². The molecule has 1 amide bonds. The summed E-state index contributed by atoms with van der Waals surface area (Å²) in [6, 6.07) is 1.78. The van der Waals surface area contributed by atoms with Gasteiger partial charge in [0.15, 0.2) is 0 Å². The molecule has 1 fully saturated rings. The first-order valence-electron chi connectivity index (χ1n) is 5.48. The lowest BCUT2D eigenvalue weighted by atomic mass is 10.2. The van der Waals surface area contributed by atoms with E-state index in [2.05, 4.69) is 16.5 Å². The molecule has 0 unspecified atom stereocenters. The molecule has 0 atom stereocenters. The molecule has 0 spiro atoms. The van der Waals surface area contributed by atoms with E-state index in [9.17, 15) is 4.79 Å². The van der Waals surface area contributed by atoms with Crippen molar-refractivity contribution >= 4 is 23.2 Å². The highest BCUT2D eigenvalue weighted by atomic mass is 35.5. The molecule has 0 aromatic carbocycles. The zero-order valence-corrected chi connectivity index (χ0v) is 10.2. The van der Waals surface area contributed by atoms with Crippen LogP contribution in [0.25, 0.3) is 0 Å². The molecule has 0 bridgehead atoms. The number of amides is 1. The van der Waals surface area contributed by atoms with E-state index in [4.69, 9.17) is 11.6 Å². The van der Waals surface area contributed by atoms with Gasteiger partial charge in [0, 0.05) is 32.4 Å². The van der Waals surface area contributed by atoms with Crippen molar-refractivity contribution in [2.75, 3.05) is 31.1 Å². The van der Waals surface area contributed by atoms with Gasteiger partial charge in [-0.1, -0.05) is 18.2 Å². The van der Waals surface area contributed by atoms with Crippen molar-refractivity contribution in [2.45, 2.75) is 0 Å². The molecule has 2 heterocycles. The van der Waals surface area contributed by atoms with Crippen LogP contribution in [0.15, 0.2) is 31.1 Å². The van der Waals surface area contributed by atoms with Gasteiger partial charge >= 0.3 is 0 Å². The quantitative estimate of drug-likeness (QED) is 0.749. The predicted molar refractivity (Wildman–Crippen MR) is 68.2 cm³/mol. The summed E-state index contributed by atoms with van der Waals surface area (Å²) in [5.74, 6) is -0.0121. The smallest absolute Gasteiger partial charge is 0.246 e. The van der Waals surface area contributed by atoms with Crippen LogP contribution in [-0.2, 0) is 4.79 Å². The van der Waals surface area contributed by atoms with Crippen molar-refractivity contribution in [1.82, 2.24) is 9.88 Å². The third-order valence-electron chi connectivity index (χ3n) is 2.86. The molecule has 5 heteroatoms. The van der Waals surface area contributed by atoms with E-state index < -0.39 is 0 Å². The first-order valence-corrected chi connectivity index (χ1v) is 5.86. The summed E-state index contributed by atoms with van der Waals surface area (Å²) in [7, 11) is 0. The van der Waals surface area contributed by atoms with Gasteiger partial charge in [0.2, 0.25) is 5.91 Å². The normalized spacial score (nSPS) is 15.8. The molecule has 0 N–H and O–H groups in total. The van der Waals surface area contributed by atoms with Crippen LogP contribution in [0.3, 0.4) is 0 Å². The number of carbonyl (C=O) groups is 1. The Balaban J connectivity index is 2.02. The number of halogens is 1. The van der Waals surface area contributed by atoms with Crippen molar-refractivity contribution in [3.8, 4) is 0 Å². The number of pyridine rings is 1. The SMILES string of the molecule is C=CC(=O)N1CCN(c2cnccc2Cl)CC1. The van der Waals surface area contributed by atoms with Crippen molar-refractivity contribution in [2.24, 2.45) is 0 Å². The number of nitrogens with zero attached hydrogens (tertiary/aromatic N) is 3. The number of anilines is 1. The van der Waals surface area contributed by atoms with Gasteiger partial charge in [-0.05, 0) is 12.1 Å². The number of aromatic nitrogens is 1. The summed E-state index contributed by atoms with van der Waals surface area (Å²) in [4.78, 5) is 19.4. The van der Waals surface area contributed by atoms with E-state index in [-0.39, 0.29) is 5.91 Å². The van der Waals surface area contributed by atoms with Gasteiger partial charge in [0.1, 0.15) is 0 Å². The fraction of sp³-hybridized carbons (Fsp3) is 0.333. The predicted octanol–water partition coefficient (Wildman–Crippen LogP) is 1.57. The lowest BCUT2D eigenvalue weighted by Gasteiger charge is -2.35. The molecule has 90 valence electrons. The van der Waals surface area contributed by atoms with Crippen LogP contribution in [0.1, 0.15) is 0 Å². The van der Waals surface area contributed by atoms with Crippen molar-refractivity contribution in [1.29, 1.82) is 0 Å². The van der Waals surface area contributed by atoms with Gasteiger partial charge < -0.3 is 9.80 Å². The molecule has 17 heavy (non-hydrogen) atoms. The van der Waals surface area contributed by atoms with Gasteiger partial charge in [-0.15, -0.1) is 0 Å². The van der Waals surface area contributed by atoms with Crippen LogP contribution in [0.2, 0.25) is 5.02 Å². The van der Waals surface area contributed by atoms with E-state index in [1.165, 1.54) is 6.08 Å². The summed E-state index contributed by atoms with van der Waals surface area (Å²) >= 11 is 6.11. The van der Waals surface area contributed by atoms with Gasteiger partial charge in [0.25, 0.3) is 0 Å². The van der Waals surface area contributed by atoms with E-state index in [0.717, 1.165) is 18.8 Å². The fourth-order valence-electron chi connectivity index (χ4n) is 1.90. The van der Waals surface area contributed by atoms with Gasteiger partial charge in [-0.25, -0.2) is 0 Å². The average Bonchev–Trinajstić information content (AvgIpc) is 2.39. The maximum atomic E-state index is 11.4. The van der Waals surface area contributed by atoms with E-state index >= 15 is 0 Å². The largest absolute Gasteiger partial charge is 0.366 e. The minimum absolute atomic E-state index is 0.0121. The molecule has 0 radical (unpaired) electrons. The van der Waals surface area contributed by atoms with Crippen molar-refractivity contribution < 1.29 is 4.79 Å². The summed E-state index contributed by atoms with van der Waals surface area (Å²) < 4.78 is 0. The second kappa shape index (κ2) is 5.19. The molecule has 1 saturated heterocycles. The Kier molecular flexibility index (Phi) is 3.64. The van der Waals surface area contributed by atoms with Crippen LogP contribution < -0.4 is 4.90 Å². The zero-order chi connectivity index (χ0) is 12.3. The number of hydrogen-bond donors (Lipinski definition) is 0. The highest BCUT2D eigenvalue weighted by molar-refractivity contribution is 6.33. The first-order chi connectivity index (χ1) is 8.22. The molecule has 1 aliphatic heterocycles. The Morgan fingerprint density at radius 2 is 2.12 bits per heavy atom. The molecule has 0 saturated carbocycles. The highest BCUT2D eigenvalue weighted by Gasteiger charge is 2.20. The summed E-state index contributed by atoms with van der Waals surface area (Å²) in [5.41, 5.74) is 0.930. The third kappa shape index (κ3) is 2.58. The number of rotatable bonds is 2. The molecule has 4 nitrogen and oxygen atoms in total. The van der Waals surface area contributed by atoms with Crippen LogP contribution in [0.4, 0.5) is 5.69 Å². The van der Waals surface area contributed by atoms with Gasteiger partial charge in [-0.2, -0.15) is 0 Å². The second-order valence-electron chi connectivity index (χ2n) is 3.84. The molecule has 1 aromatic heterocycles. The number of carbonyl (C=O) groups excluding carboxylic acids is 1. The van der Waals surface area contributed by atoms with Crippen LogP contribution in [-0.4, -0.2) is 42.0 Å². The molecule has 1 aliphatic rings. The van der Waals surface area contributed by atoms with E-state index in [1.54, 1.807) is 23.4 Å². The highest BCUT2D eigenvalue weighted by Crippen LogP contribution is 2.24. The van der Waals surface area contributed by atoms with Crippen LogP contribution in [0.5, 0.6) is 0 Å². The number of hydrogen-bond acceptors (Lipinski definition) is 3. The zero-order valence-electron chi connectivity index (χ0n) is 9.47. The lowest BCUT2D eigenvalue weighted by molar-refractivity contribution is -0.126. The summed E-state index contributed by atoms with van der Waals surface area (Å²) in [6.45, 7) is 6.41. The Morgan fingerprint density at radius 3 is 2.71 bits per heavy atom. The Morgan fingerprint density at radius 1 is 1.41 bits per heavy atom. The van der Waals surface area contributed by atoms with Gasteiger partial charge in [-0.3, -0.25) is 9.78 Å². The molecular formula is C12H14ClN3O. The minimum Gasteiger partial charge on any atom is -0.366 e. The molecule has 1 aromatic rings. The van der Waals surface area contributed by atoms with E-state index in [0.29, 0.717) is 18.1 Å². The van der Waals surface area contributed by atoms with Crippen LogP contribution in [0, 0.1) is 0 Å². The third-order valence-corrected chi connectivity index (χ3v) is 3.17. The maximum Gasteiger partial charge on any atom is 0.246 e. The summed E-state index contributed by atoms with van der Waals surface area (Å²) in [6.07, 6.45) is 4.78. The molecule has 0 aliphatic carbocycles. The van der Waals surface area contributed by atoms with Crippen molar-refractivity contribution in [3.05, 3.63) is 36.1 Å². The lowest BCUT2D eigenvalue weighted by Crippen LogP contribution is -2.48. The Hall–Kier alpha value is -1.55. The van der Waals surface area contributed by atoms with E-state index in [1.807, 2.05) is 0 Å². The monoisotopic (exact) mass is 251 g/mol. The minimum atomic E-state index is -0.0121. The average molecular weight is 252 g/mol. The van der Waals surface area contributed by atoms with Crippen molar-refractivity contribution in [3.63, 3.8) is 0 Å². The topological polar surface area (TPSA) is 36.4 Å². The van der Waals surface area contributed by atoms with Crippen LogP contribution >= 0.6 is 11.6 Å². The summed E-state index contributed by atoms with van der Waals surface area (Å²) in [5, 5.41) is 0.698. The fourth-order valence-corrected chi connectivity index (χ4v) is 2.12.